The van der Waals surface area contributed by atoms with Crippen molar-refractivity contribution in [3.63, 3.8) is 0 Å². The van der Waals surface area contributed by atoms with E-state index in [1.54, 1.807) is 30.6 Å². The Kier molecular flexibility index (Phi) is 4.09. The number of sulfonamides is 1. The molecule has 0 aliphatic rings. The van der Waals surface area contributed by atoms with Gasteiger partial charge in [0.05, 0.1) is 29.9 Å². The minimum absolute atomic E-state index is 0.0155. The van der Waals surface area contributed by atoms with Crippen molar-refractivity contribution in [2.75, 3.05) is 11.8 Å². The number of aromatic amines is 1. The summed E-state index contributed by atoms with van der Waals surface area (Å²) in [6, 6.07) is 12.8. The summed E-state index contributed by atoms with van der Waals surface area (Å²) >= 11 is 1.55. The minimum Gasteiger partial charge on any atom is -0.497 e. The number of nitrogens with zero attached hydrogens (tertiary/aromatic N) is 2. The number of anilines is 1. The predicted octanol–water partition coefficient (Wildman–Crippen LogP) is 3.50. The average molecular weight is 386 g/mol. The zero-order chi connectivity index (χ0) is 18.1. The molecule has 0 saturated carbocycles. The van der Waals surface area contributed by atoms with Crippen LogP contribution in [0, 0.1) is 0 Å². The van der Waals surface area contributed by atoms with Gasteiger partial charge in [0.1, 0.15) is 10.8 Å². The number of thiazole rings is 1. The van der Waals surface area contributed by atoms with Crippen molar-refractivity contribution in [1.82, 2.24) is 15.0 Å². The number of aromatic nitrogens is 3. The van der Waals surface area contributed by atoms with Crippen molar-refractivity contribution in [1.29, 1.82) is 0 Å². The van der Waals surface area contributed by atoms with E-state index in [9.17, 15) is 8.42 Å². The highest BCUT2D eigenvalue weighted by molar-refractivity contribution is 7.92. The van der Waals surface area contributed by atoms with Gasteiger partial charge in [-0.25, -0.2) is 9.97 Å². The number of hydrogen-bond acceptors (Lipinski definition) is 6. The van der Waals surface area contributed by atoms with E-state index in [4.69, 9.17) is 4.74 Å². The first kappa shape index (κ1) is 16.6. The third kappa shape index (κ3) is 3.14. The highest BCUT2D eigenvalue weighted by Gasteiger charge is 2.15. The van der Waals surface area contributed by atoms with Gasteiger partial charge in [-0.05, 0) is 42.5 Å². The number of hydrogen-bond donors (Lipinski definition) is 2. The molecule has 4 rings (SSSR count). The van der Waals surface area contributed by atoms with Crippen LogP contribution in [0.5, 0.6) is 5.75 Å². The molecule has 0 spiro atoms. The molecule has 2 aromatic heterocycles. The molecule has 0 bridgehead atoms. The van der Waals surface area contributed by atoms with E-state index in [0.717, 1.165) is 26.5 Å². The second-order valence-electron chi connectivity index (χ2n) is 5.45. The Morgan fingerprint density at radius 1 is 1.15 bits per heavy atom. The van der Waals surface area contributed by atoms with Crippen molar-refractivity contribution in [3.8, 4) is 16.3 Å². The predicted molar refractivity (Wildman–Crippen MR) is 101 cm³/mol. The van der Waals surface area contributed by atoms with Gasteiger partial charge in [-0.15, -0.1) is 11.3 Å². The highest BCUT2D eigenvalue weighted by atomic mass is 32.2. The summed E-state index contributed by atoms with van der Waals surface area (Å²) in [5.74, 6) is 0.788. The topological polar surface area (TPSA) is 97.0 Å². The van der Waals surface area contributed by atoms with Crippen LogP contribution in [0.25, 0.3) is 20.8 Å². The molecule has 0 unspecified atom stereocenters. The van der Waals surface area contributed by atoms with E-state index in [2.05, 4.69) is 19.7 Å². The fraction of sp³-hybridized carbons (Fsp3) is 0.0588. The fourth-order valence-corrected chi connectivity index (χ4v) is 4.40. The Morgan fingerprint density at radius 3 is 2.65 bits per heavy atom. The van der Waals surface area contributed by atoms with Crippen LogP contribution in [0.4, 0.5) is 5.69 Å². The van der Waals surface area contributed by atoms with Gasteiger partial charge in [0.25, 0.3) is 10.0 Å². The summed E-state index contributed by atoms with van der Waals surface area (Å²) in [6.45, 7) is 0. The van der Waals surface area contributed by atoms with Crippen molar-refractivity contribution in [3.05, 3.63) is 55.0 Å². The Bertz CT molecular complexity index is 1150. The lowest BCUT2D eigenvalue weighted by Gasteiger charge is -2.06. The second kappa shape index (κ2) is 6.43. The molecule has 0 saturated heterocycles. The summed E-state index contributed by atoms with van der Waals surface area (Å²) < 4.78 is 33.2. The Morgan fingerprint density at radius 2 is 1.96 bits per heavy atom. The number of fused-ring (bicyclic) bond motifs is 1. The molecule has 2 aromatic carbocycles. The average Bonchev–Trinajstić information content (AvgIpc) is 3.31. The molecule has 7 nitrogen and oxygen atoms in total. The van der Waals surface area contributed by atoms with Gasteiger partial charge in [0.15, 0.2) is 5.03 Å². The summed E-state index contributed by atoms with van der Waals surface area (Å²) in [5.41, 5.74) is 2.27. The van der Waals surface area contributed by atoms with E-state index in [0.29, 0.717) is 5.69 Å². The minimum atomic E-state index is -3.67. The highest BCUT2D eigenvalue weighted by Crippen LogP contribution is 2.32. The largest absolute Gasteiger partial charge is 0.497 e. The number of rotatable bonds is 5. The molecule has 132 valence electrons. The van der Waals surface area contributed by atoms with E-state index in [1.807, 2.05) is 30.3 Å². The van der Waals surface area contributed by atoms with Crippen LogP contribution in [0.3, 0.4) is 0 Å². The molecule has 0 amide bonds. The van der Waals surface area contributed by atoms with Gasteiger partial charge < -0.3 is 9.72 Å². The van der Waals surface area contributed by atoms with Crippen LogP contribution in [0.1, 0.15) is 0 Å². The molecule has 2 heterocycles. The zero-order valence-electron chi connectivity index (χ0n) is 13.6. The fourth-order valence-electron chi connectivity index (χ4n) is 2.44. The molecule has 2 N–H and O–H groups in total. The van der Waals surface area contributed by atoms with Crippen LogP contribution >= 0.6 is 11.3 Å². The van der Waals surface area contributed by atoms with E-state index in [-0.39, 0.29) is 5.03 Å². The van der Waals surface area contributed by atoms with Crippen LogP contribution < -0.4 is 9.46 Å². The van der Waals surface area contributed by atoms with Gasteiger partial charge in [-0.1, -0.05) is 0 Å². The summed E-state index contributed by atoms with van der Waals surface area (Å²) in [5, 5.41) is 0.873. The Hall–Kier alpha value is -2.91. The van der Waals surface area contributed by atoms with Crippen molar-refractivity contribution in [2.24, 2.45) is 0 Å². The molecule has 0 atom stereocenters. The number of H-pyrrole nitrogens is 1. The second-order valence-corrected chi connectivity index (χ2v) is 8.13. The molecule has 26 heavy (non-hydrogen) atoms. The lowest BCUT2D eigenvalue weighted by Crippen LogP contribution is -2.13. The lowest BCUT2D eigenvalue weighted by molar-refractivity contribution is 0.415. The molecular formula is C17H14N4O3S2. The van der Waals surface area contributed by atoms with Gasteiger partial charge in [-0.2, -0.15) is 8.42 Å². The van der Waals surface area contributed by atoms with Gasteiger partial charge in [-0.3, -0.25) is 4.72 Å². The first-order valence-corrected chi connectivity index (χ1v) is 9.91. The summed E-state index contributed by atoms with van der Waals surface area (Å²) in [7, 11) is -2.04. The first-order valence-electron chi connectivity index (χ1n) is 7.61. The van der Waals surface area contributed by atoms with Crippen LogP contribution in [-0.2, 0) is 10.0 Å². The quantitative estimate of drug-likeness (QED) is 0.547. The number of benzene rings is 2. The van der Waals surface area contributed by atoms with Crippen LogP contribution in [-0.4, -0.2) is 30.5 Å². The summed E-state index contributed by atoms with van der Waals surface area (Å²) in [6.07, 6.45) is 2.58. The maximum absolute atomic E-state index is 12.2. The molecule has 9 heteroatoms. The number of nitrogens with one attached hydrogen (secondary N) is 2. The van der Waals surface area contributed by atoms with Gasteiger partial charge in [0, 0.05) is 11.3 Å². The number of methoxy groups -OCH3 is 1. The molecular weight excluding hydrogens is 372 g/mol. The van der Waals surface area contributed by atoms with E-state index < -0.39 is 10.0 Å². The smallest absolute Gasteiger partial charge is 0.278 e. The van der Waals surface area contributed by atoms with Crippen molar-refractivity contribution < 1.29 is 13.2 Å². The SMILES string of the molecule is COc1ccc2nc(-c3ccc(NS(=O)(=O)c4cnc[nH]4)cc3)sc2c1. The Balaban J connectivity index is 1.60. The monoisotopic (exact) mass is 386 g/mol. The van der Waals surface area contributed by atoms with Crippen LogP contribution in [0.15, 0.2) is 60.0 Å². The normalized spacial score (nSPS) is 11.6. The number of imidazole rings is 1. The van der Waals surface area contributed by atoms with Crippen molar-refractivity contribution >= 4 is 37.3 Å². The molecule has 0 aliphatic heterocycles. The Labute approximate surface area is 153 Å². The number of ether oxygens (including phenoxy) is 1. The molecule has 0 aliphatic carbocycles. The van der Waals surface area contributed by atoms with E-state index in [1.165, 1.54) is 12.5 Å². The van der Waals surface area contributed by atoms with Crippen molar-refractivity contribution in [2.45, 2.75) is 5.03 Å². The standard InChI is InChI=1S/C17H14N4O3S2/c1-24-13-6-7-14-15(8-13)25-17(20-14)11-2-4-12(5-3-11)21-26(22,23)16-9-18-10-19-16/h2-10,21H,1H3,(H,18,19). The maximum Gasteiger partial charge on any atom is 0.278 e. The molecule has 0 radical (unpaired) electrons. The first-order chi connectivity index (χ1) is 12.5. The van der Waals surface area contributed by atoms with Gasteiger partial charge in [0.2, 0.25) is 0 Å². The summed E-state index contributed by atoms with van der Waals surface area (Å²) in [4.78, 5) is 10.9. The zero-order valence-corrected chi connectivity index (χ0v) is 15.3. The van der Waals surface area contributed by atoms with Gasteiger partial charge >= 0.3 is 0 Å². The lowest BCUT2D eigenvalue weighted by atomic mass is 10.2. The molecule has 0 fully saturated rings. The third-order valence-electron chi connectivity index (χ3n) is 3.74. The van der Waals surface area contributed by atoms with E-state index >= 15 is 0 Å². The third-order valence-corrected chi connectivity index (χ3v) is 6.12. The van der Waals surface area contributed by atoms with Crippen LogP contribution in [0.2, 0.25) is 0 Å². The maximum atomic E-state index is 12.2. The molecule has 4 aromatic rings.